The zero-order chi connectivity index (χ0) is 20.3. The van der Waals surface area contributed by atoms with E-state index in [1.54, 1.807) is 5.57 Å². The first-order chi connectivity index (χ1) is 14.0. The zero-order valence-electron chi connectivity index (χ0n) is 17.9. The van der Waals surface area contributed by atoms with Gasteiger partial charge in [-0.2, -0.15) is 0 Å². The molecule has 0 aromatic rings. The summed E-state index contributed by atoms with van der Waals surface area (Å²) in [7, 11) is 4.22. The molecule has 0 N–H and O–H groups in total. The highest BCUT2D eigenvalue weighted by atomic mass is 33.1. The highest BCUT2D eigenvalue weighted by molar-refractivity contribution is 8.77. The van der Waals surface area contributed by atoms with Gasteiger partial charge < -0.3 is 4.74 Å². The third-order valence-electron chi connectivity index (χ3n) is 9.41. The maximum Gasteiger partial charge on any atom is 0.304 e. The average molecular weight is 431 g/mol. The Labute approximate surface area is 184 Å². The van der Waals surface area contributed by atoms with Gasteiger partial charge in [0.15, 0.2) is 5.60 Å². The molecule has 0 bridgehead atoms. The molecule has 1 unspecified atom stereocenters. The number of rotatable bonds is 2. The topological polar surface area (TPSA) is 26.3 Å². The molecule has 4 fully saturated rings. The second kappa shape index (κ2) is 7.27. The number of hydrogen-bond donors (Lipinski definition) is 0. The fourth-order valence-electron chi connectivity index (χ4n) is 8.27. The molecule has 5 rings (SSSR count). The minimum Gasteiger partial charge on any atom is -0.445 e. The lowest BCUT2D eigenvalue weighted by Crippen LogP contribution is -2.55. The Morgan fingerprint density at radius 1 is 1.21 bits per heavy atom. The van der Waals surface area contributed by atoms with Crippen LogP contribution in [0.15, 0.2) is 11.6 Å². The van der Waals surface area contributed by atoms with Gasteiger partial charge in [-0.25, -0.2) is 0 Å². The van der Waals surface area contributed by atoms with Gasteiger partial charge in [-0.05, 0) is 87.9 Å². The number of ether oxygens (including phenoxy) is 1. The molecule has 0 amide bonds. The SMILES string of the molecule is C#C[C@]1(OC(C)=O)CC[C@H]2[C@@H]3CCC4=CC5(CCSS5)CC[C@@H]4[C@H]3CC[C@@]21CC. The van der Waals surface area contributed by atoms with Crippen molar-refractivity contribution in [1.82, 2.24) is 0 Å². The van der Waals surface area contributed by atoms with Crippen molar-refractivity contribution in [1.29, 1.82) is 0 Å². The third kappa shape index (κ3) is 2.89. The number of carbonyl (C=O) groups excluding carboxylic acids is 1. The van der Waals surface area contributed by atoms with Crippen molar-refractivity contribution in [3.8, 4) is 12.3 Å². The van der Waals surface area contributed by atoms with Crippen LogP contribution in [0.1, 0.15) is 78.1 Å². The first-order valence-electron chi connectivity index (χ1n) is 11.7. The molecule has 7 atom stereocenters. The fraction of sp³-hybridized carbons (Fsp3) is 0.800. The molecule has 0 aromatic carbocycles. The number of esters is 1. The van der Waals surface area contributed by atoms with Gasteiger partial charge in [0.1, 0.15) is 0 Å². The lowest BCUT2D eigenvalue weighted by molar-refractivity contribution is -0.170. The summed E-state index contributed by atoms with van der Waals surface area (Å²) < 4.78 is 6.42. The summed E-state index contributed by atoms with van der Waals surface area (Å²) in [5, 5.41) is 0. The standard InChI is InChI=1S/C25H34O2S2/c1-4-24-12-9-20-19-8-11-23(14-15-28-29-23)16-18(19)6-7-21(20)22(24)10-13-25(24,5-2)27-17(3)26/h2,16,19-22H,4,6-15H2,1,3H3/t19-,20+,21+,22-,23?,24-,25-/m0/s1. The van der Waals surface area contributed by atoms with Crippen LogP contribution in [0.5, 0.6) is 0 Å². The van der Waals surface area contributed by atoms with E-state index in [2.05, 4.69) is 40.5 Å². The van der Waals surface area contributed by atoms with Gasteiger partial charge >= 0.3 is 5.97 Å². The maximum atomic E-state index is 12.0. The Balaban J connectivity index is 1.44. The molecule has 0 radical (unpaired) electrons. The van der Waals surface area contributed by atoms with E-state index in [4.69, 9.17) is 11.2 Å². The van der Waals surface area contributed by atoms with Crippen LogP contribution in [0, 0.1) is 41.4 Å². The monoisotopic (exact) mass is 430 g/mol. The Morgan fingerprint density at radius 2 is 2.07 bits per heavy atom. The second-order valence-corrected chi connectivity index (χ2v) is 13.0. The quantitative estimate of drug-likeness (QED) is 0.219. The minimum atomic E-state index is -0.673. The van der Waals surface area contributed by atoms with E-state index in [-0.39, 0.29) is 11.4 Å². The van der Waals surface area contributed by atoms with Crippen LogP contribution in [0.25, 0.3) is 0 Å². The van der Waals surface area contributed by atoms with Crippen LogP contribution in [-0.2, 0) is 9.53 Å². The van der Waals surface area contributed by atoms with Gasteiger partial charge in [0.2, 0.25) is 0 Å². The molecular weight excluding hydrogens is 396 g/mol. The van der Waals surface area contributed by atoms with Gasteiger partial charge in [0.25, 0.3) is 0 Å². The van der Waals surface area contributed by atoms with Crippen LogP contribution in [-0.4, -0.2) is 22.1 Å². The molecule has 4 aliphatic carbocycles. The summed E-state index contributed by atoms with van der Waals surface area (Å²) in [6.45, 7) is 3.80. The molecule has 5 aliphatic rings. The van der Waals surface area contributed by atoms with Gasteiger partial charge in [-0.1, -0.05) is 46.1 Å². The summed E-state index contributed by atoms with van der Waals surface area (Å²) >= 11 is 0. The lowest BCUT2D eigenvalue weighted by Gasteiger charge is -2.57. The maximum absolute atomic E-state index is 12.0. The van der Waals surface area contributed by atoms with Gasteiger partial charge in [-0.15, -0.1) is 6.42 Å². The predicted molar refractivity (Wildman–Crippen MR) is 122 cm³/mol. The molecular formula is C25H34O2S2. The summed E-state index contributed by atoms with van der Waals surface area (Å²) in [5.74, 6) is 7.13. The number of terminal acetylenes is 1. The highest BCUT2D eigenvalue weighted by Gasteiger charge is 2.65. The molecule has 1 heterocycles. The summed E-state index contributed by atoms with van der Waals surface area (Å²) in [5.41, 5.74) is 1.11. The first kappa shape index (κ1) is 20.4. The van der Waals surface area contributed by atoms with Crippen LogP contribution < -0.4 is 0 Å². The normalized spacial score (nSPS) is 48.2. The molecule has 29 heavy (non-hydrogen) atoms. The van der Waals surface area contributed by atoms with Crippen molar-refractivity contribution < 1.29 is 9.53 Å². The molecule has 4 heteroatoms. The van der Waals surface area contributed by atoms with E-state index < -0.39 is 5.60 Å². The largest absolute Gasteiger partial charge is 0.445 e. The first-order valence-corrected chi connectivity index (χ1v) is 14.0. The minimum absolute atomic E-state index is 0.0103. The highest BCUT2D eigenvalue weighted by Crippen LogP contribution is 2.68. The average Bonchev–Trinajstić information content (AvgIpc) is 3.30. The third-order valence-corrected chi connectivity index (χ3v) is 12.6. The van der Waals surface area contributed by atoms with Gasteiger partial charge in [0, 0.05) is 22.8 Å². The van der Waals surface area contributed by atoms with E-state index in [9.17, 15) is 4.79 Å². The molecule has 1 saturated heterocycles. The van der Waals surface area contributed by atoms with Crippen molar-refractivity contribution >= 4 is 27.6 Å². The molecule has 1 aliphatic heterocycles. The Bertz CT molecular complexity index is 761. The van der Waals surface area contributed by atoms with Gasteiger partial charge in [0.05, 0.1) is 0 Å². The Morgan fingerprint density at radius 3 is 2.76 bits per heavy atom. The predicted octanol–water partition coefficient (Wildman–Crippen LogP) is 6.41. The molecule has 158 valence electrons. The molecule has 2 nitrogen and oxygen atoms in total. The number of fused-ring (bicyclic) bond motifs is 5. The van der Waals surface area contributed by atoms with E-state index in [0.717, 1.165) is 43.4 Å². The van der Waals surface area contributed by atoms with Crippen LogP contribution in [0.2, 0.25) is 0 Å². The van der Waals surface area contributed by atoms with Crippen molar-refractivity contribution in [2.45, 2.75) is 88.4 Å². The van der Waals surface area contributed by atoms with Crippen molar-refractivity contribution in [3.05, 3.63) is 11.6 Å². The molecule has 3 saturated carbocycles. The Kier molecular flexibility index (Phi) is 5.11. The van der Waals surface area contributed by atoms with Crippen LogP contribution in [0.4, 0.5) is 0 Å². The summed E-state index contributed by atoms with van der Waals surface area (Å²) in [6.07, 6.45) is 20.9. The van der Waals surface area contributed by atoms with Crippen molar-refractivity contribution in [2.75, 3.05) is 5.75 Å². The van der Waals surface area contributed by atoms with E-state index >= 15 is 0 Å². The van der Waals surface area contributed by atoms with E-state index in [0.29, 0.717) is 10.7 Å². The van der Waals surface area contributed by atoms with Crippen molar-refractivity contribution in [2.24, 2.45) is 29.1 Å². The smallest absolute Gasteiger partial charge is 0.304 e. The summed E-state index contributed by atoms with van der Waals surface area (Å²) in [4.78, 5) is 12.0. The van der Waals surface area contributed by atoms with Gasteiger partial charge in [-0.3, -0.25) is 4.79 Å². The van der Waals surface area contributed by atoms with Crippen LogP contribution in [0.3, 0.4) is 0 Å². The number of carbonyl (C=O) groups is 1. The van der Waals surface area contributed by atoms with E-state index in [1.165, 1.54) is 51.2 Å². The Hall–Kier alpha value is -0.530. The summed E-state index contributed by atoms with van der Waals surface area (Å²) in [6, 6.07) is 0. The molecule has 0 aromatic heterocycles. The van der Waals surface area contributed by atoms with Crippen molar-refractivity contribution in [3.63, 3.8) is 0 Å². The second-order valence-electron chi connectivity index (χ2n) is 10.2. The fourth-order valence-corrected chi connectivity index (χ4v) is 11.6. The van der Waals surface area contributed by atoms with Crippen LogP contribution >= 0.6 is 21.6 Å². The number of allylic oxidation sites excluding steroid dienone is 1. The molecule has 1 spiro atoms. The number of hydrogen-bond acceptors (Lipinski definition) is 4. The zero-order valence-corrected chi connectivity index (χ0v) is 19.5. The lowest BCUT2D eigenvalue weighted by atomic mass is 9.49. The van der Waals surface area contributed by atoms with E-state index in [1.807, 2.05) is 0 Å².